The van der Waals surface area contributed by atoms with Crippen molar-refractivity contribution >= 4 is 47.5 Å². The number of carbonyl (C=O) groups is 1. The molecule has 3 heterocycles. The van der Waals surface area contributed by atoms with Crippen LogP contribution in [0.2, 0.25) is 13.1 Å². The zero-order valence-corrected chi connectivity index (χ0v) is 20.0. The number of allylic oxidation sites excluding steroid dienone is 5. The number of benzene rings is 1. The summed E-state index contributed by atoms with van der Waals surface area (Å²) in [6, 6.07) is 6.15. The highest BCUT2D eigenvalue weighted by Crippen LogP contribution is 2.44. The van der Waals surface area contributed by atoms with Crippen molar-refractivity contribution in [2.24, 2.45) is 0 Å². The average Bonchev–Trinajstić information content (AvgIpc) is 3.39. The number of rotatable bonds is 2. The van der Waals surface area contributed by atoms with Gasteiger partial charge >= 0.3 is 5.97 Å². The van der Waals surface area contributed by atoms with Crippen LogP contribution in [0, 0.1) is 6.92 Å². The van der Waals surface area contributed by atoms with Gasteiger partial charge in [-0.1, -0.05) is 19.2 Å². The number of hydrogen-bond donors (Lipinski definition) is 2. The summed E-state index contributed by atoms with van der Waals surface area (Å²) in [7, 11) is -2.03. The number of carboxylic acids is 1. The van der Waals surface area contributed by atoms with Crippen molar-refractivity contribution in [3.8, 4) is 0 Å². The minimum absolute atomic E-state index is 0.409. The number of nitrogens with zero attached hydrogens (tertiary/aromatic N) is 1. The summed E-state index contributed by atoms with van der Waals surface area (Å²) < 4.78 is 2.47. The zero-order chi connectivity index (χ0) is 21.9. The summed E-state index contributed by atoms with van der Waals surface area (Å²) in [5, 5.41) is 14.5. The number of nitrogens with two attached hydrogens (primary N) is 1. The van der Waals surface area contributed by atoms with Gasteiger partial charge in [-0.15, -0.1) is 11.3 Å². The van der Waals surface area contributed by atoms with E-state index in [9.17, 15) is 9.90 Å². The highest BCUT2D eigenvalue weighted by atomic mass is 32.1. The minimum Gasteiger partial charge on any atom is -0.477 e. The largest absolute Gasteiger partial charge is 0.477 e. The average molecular weight is 448 g/mol. The first-order chi connectivity index (χ1) is 14.8. The summed E-state index contributed by atoms with van der Waals surface area (Å²) in [6.07, 6.45) is 9.31. The molecule has 0 atom stereocenters. The predicted octanol–water partition coefficient (Wildman–Crippen LogP) is 4.35. The first kappa shape index (κ1) is 20.2. The maximum Gasteiger partial charge on any atom is 0.346 e. The van der Waals surface area contributed by atoms with E-state index in [1.807, 2.05) is 18.4 Å². The molecule has 5 rings (SSSR count). The molecule has 2 aromatic rings. The molecule has 31 heavy (non-hydrogen) atoms. The molecule has 0 unspecified atom stereocenters. The van der Waals surface area contributed by atoms with E-state index in [0.717, 1.165) is 41.0 Å². The Bertz CT molecular complexity index is 1250. The maximum absolute atomic E-state index is 12.1. The fraction of sp³-hybridized carbons (Fsp3) is 0.280. The zero-order valence-electron chi connectivity index (χ0n) is 18.2. The summed E-state index contributed by atoms with van der Waals surface area (Å²) in [5.74, 6) is -0.866. The van der Waals surface area contributed by atoms with E-state index in [4.69, 9.17) is 5.73 Å². The molecule has 1 saturated heterocycles. The lowest BCUT2D eigenvalue weighted by Crippen LogP contribution is -2.49. The van der Waals surface area contributed by atoms with Gasteiger partial charge in [-0.25, -0.2) is 9.37 Å². The van der Waals surface area contributed by atoms with Crippen molar-refractivity contribution in [2.45, 2.75) is 32.9 Å². The van der Waals surface area contributed by atoms with Gasteiger partial charge in [-0.2, -0.15) is 0 Å². The predicted molar refractivity (Wildman–Crippen MR) is 131 cm³/mol. The third-order valence-electron chi connectivity index (χ3n) is 6.82. The van der Waals surface area contributed by atoms with Gasteiger partial charge in [0.2, 0.25) is 0 Å². The van der Waals surface area contributed by atoms with E-state index in [0.29, 0.717) is 4.88 Å². The smallest absolute Gasteiger partial charge is 0.346 e. The van der Waals surface area contributed by atoms with Crippen molar-refractivity contribution < 1.29 is 14.5 Å². The van der Waals surface area contributed by atoms with Crippen LogP contribution in [0.25, 0.3) is 5.57 Å². The molecule has 6 heteroatoms. The number of thiophene rings is 1. The fourth-order valence-corrected chi connectivity index (χ4v) is 9.19. The third-order valence-corrected chi connectivity index (χ3v) is 11.4. The van der Waals surface area contributed by atoms with Crippen molar-refractivity contribution in [2.75, 3.05) is 18.8 Å². The first-order valence-corrected chi connectivity index (χ1v) is 14.7. The monoisotopic (exact) mass is 447 g/mol. The van der Waals surface area contributed by atoms with Gasteiger partial charge < -0.3 is 10.8 Å². The highest BCUT2D eigenvalue weighted by molar-refractivity contribution is 7.12. The number of anilines is 1. The first-order valence-electron chi connectivity index (χ1n) is 10.8. The quantitative estimate of drug-likeness (QED) is 0.409. The number of fused-ring (bicyclic) bond motifs is 2. The Hall–Kier alpha value is -2.70. The van der Waals surface area contributed by atoms with Gasteiger partial charge in [0, 0.05) is 36.2 Å². The molecular formula is C25H27N2O2SSi+. The molecule has 2 aliphatic heterocycles. The number of hydrogen-bond acceptors (Lipinski definition) is 3. The van der Waals surface area contributed by atoms with E-state index in [-0.39, 0.29) is 0 Å². The molecule has 1 aromatic heterocycles. The fourth-order valence-electron chi connectivity index (χ4n) is 5.21. The number of aromatic carboxylic acids is 1. The molecular weight excluding hydrogens is 420 g/mol. The van der Waals surface area contributed by atoms with Crippen molar-refractivity contribution in [3.63, 3.8) is 0 Å². The van der Waals surface area contributed by atoms with E-state index >= 15 is 0 Å². The SMILES string of the molecule is Cc1csc(C(=O)O)c1C1=C2C=CC(=[N+]3CCCC3)C=C2[Si](C)(C)c2cc(N)ccc21. The summed E-state index contributed by atoms with van der Waals surface area (Å²) in [5.41, 5.74) is 13.5. The maximum atomic E-state index is 12.1. The van der Waals surface area contributed by atoms with Crippen LogP contribution in [0.15, 0.2) is 52.6 Å². The second-order valence-electron chi connectivity index (χ2n) is 9.16. The summed E-state index contributed by atoms with van der Waals surface area (Å²) in [4.78, 5) is 12.5. The van der Waals surface area contributed by atoms with Crippen molar-refractivity contribution in [3.05, 3.63) is 74.1 Å². The Kier molecular flexibility index (Phi) is 4.68. The number of nitrogen functional groups attached to an aromatic ring is 1. The lowest BCUT2D eigenvalue weighted by atomic mass is 9.88. The van der Waals surface area contributed by atoms with Gasteiger partial charge in [-0.3, -0.25) is 0 Å². The second-order valence-corrected chi connectivity index (χ2v) is 14.4. The molecule has 1 aliphatic carbocycles. The Morgan fingerprint density at radius 3 is 2.65 bits per heavy atom. The lowest BCUT2D eigenvalue weighted by Gasteiger charge is -2.37. The third kappa shape index (κ3) is 3.08. The van der Waals surface area contributed by atoms with Gasteiger partial charge in [-0.05, 0) is 63.2 Å². The van der Waals surface area contributed by atoms with E-state index in [1.165, 1.54) is 45.8 Å². The molecule has 1 fully saturated rings. The Balaban J connectivity index is 1.86. The topological polar surface area (TPSA) is 66.3 Å². The van der Waals surface area contributed by atoms with Gasteiger partial charge in [0.1, 0.15) is 26.0 Å². The van der Waals surface area contributed by atoms with Crippen LogP contribution in [-0.4, -0.2) is 42.5 Å². The minimum atomic E-state index is -2.03. The Labute approximate surface area is 187 Å². The van der Waals surface area contributed by atoms with E-state index in [1.54, 1.807) is 0 Å². The van der Waals surface area contributed by atoms with Crippen LogP contribution >= 0.6 is 11.3 Å². The Morgan fingerprint density at radius 1 is 1.19 bits per heavy atom. The van der Waals surface area contributed by atoms with E-state index in [2.05, 4.69) is 48.0 Å². The van der Waals surface area contributed by atoms with Crippen LogP contribution in [0.5, 0.6) is 0 Å². The van der Waals surface area contributed by atoms with Crippen LogP contribution in [0.3, 0.4) is 0 Å². The molecule has 3 N–H and O–H groups in total. The molecule has 0 bridgehead atoms. The highest BCUT2D eigenvalue weighted by Gasteiger charge is 2.41. The van der Waals surface area contributed by atoms with Crippen LogP contribution < -0.4 is 10.9 Å². The normalized spacial score (nSPS) is 19.4. The summed E-state index contributed by atoms with van der Waals surface area (Å²) in [6.45, 7) is 8.99. The van der Waals surface area contributed by atoms with Gasteiger partial charge in [0.15, 0.2) is 5.71 Å². The molecule has 0 amide bonds. The molecule has 1 aromatic carbocycles. The number of aryl methyl sites for hydroxylation is 1. The van der Waals surface area contributed by atoms with Gasteiger partial charge in [0.05, 0.1) is 0 Å². The molecule has 4 nitrogen and oxygen atoms in total. The number of carboxylic acid groups (broad SMARTS) is 1. The van der Waals surface area contributed by atoms with Crippen LogP contribution in [0.4, 0.5) is 5.69 Å². The molecule has 158 valence electrons. The molecule has 0 spiro atoms. The van der Waals surface area contributed by atoms with Gasteiger partial charge in [0.25, 0.3) is 0 Å². The summed E-state index contributed by atoms with van der Waals surface area (Å²) >= 11 is 1.31. The van der Waals surface area contributed by atoms with Crippen LogP contribution in [0.1, 0.15) is 39.2 Å². The van der Waals surface area contributed by atoms with Crippen molar-refractivity contribution in [1.82, 2.24) is 0 Å². The van der Waals surface area contributed by atoms with Crippen molar-refractivity contribution in [1.29, 1.82) is 0 Å². The Morgan fingerprint density at radius 2 is 1.94 bits per heavy atom. The molecule has 3 aliphatic rings. The van der Waals surface area contributed by atoms with E-state index < -0.39 is 14.0 Å². The molecule has 0 saturated carbocycles. The standard InChI is InChI=1S/C25H26N2O2SSi/c1-15-14-30-24(25(28)29)22(15)23-18-8-6-16(26)12-20(18)31(2,3)21-13-17(7-9-19(21)23)27-10-4-5-11-27/h6-9,12-14,26H,4-5,10-11H2,1-3H3,(H,28,29)/p+1. The van der Waals surface area contributed by atoms with Crippen LogP contribution in [-0.2, 0) is 0 Å². The second kappa shape index (κ2) is 7.17. The lowest BCUT2D eigenvalue weighted by molar-refractivity contribution is -0.504. The molecule has 0 radical (unpaired) electrons.